The Balaban J connectivity index is 2.23. The summed E-state index contributed by atoms with van der Waals surface area (Å²) in [6, 6.07) is 2.96. The van der Waals surface area contributed by atoms with Gasteiger partial charge in [0.2, 0.25) is 0 Å². The van der Waals surface area contributed by atoms with Gasteiger partial charge in [0.1, 0.15) is 5.82 Å². The van der Waals surface area contributed by atoms with Crippen LogP contribution >= 0.6 is 27.3 Å². The topological polar surface area (TPSA) is 24.9 Å². The molecular formula is C12H10BrF3N2S. The molecule has 2 aromatic heterocycles. The summed E-state index contributed by atoms with van der Waals surface area (Å²) < 4.78 is 38.9. The van der Waals surface area contributed by atoms with E-state index in [1.54, 1.807) is 0 Å². The van der Waals surface area contributed by atoms with E-state index in [0.29, 0.717) is 11.0 Å². The van der Waals surface area contributed by atoms with E-state index in [4.69, 9.17) is 0 Å². The van der Waals surface area contributed by atoms with Gasteiger partial charge >= 0.3 is 6.18 Å². The summed E-state index contributed by atoms with van der Waals surface area (Å²) in [7, 11) is 0. The molecule has 0 atom stereocenters. The van der Waals surface area contributed by atoms with Gasteiger partial charge in [0.15, 0.2) is 0 Å². The molecule has 0 aliphatic carbocycles. The van der Waals surface area contributed by atoms with Gasteiger partial charge in [-0.2, -0.15) is 13.2 Å². The van der Waals surface area contributed by atoms with Crippen LogP contribution in [0.5, 0.6) is 0 Å². The average molecular weight is 351 g/mol. The minimum absolute atomic E-state index is 0.150. The van der Waals surface area contributed by atoms with Crippen LogP contribution in [0.2, 0.25) is 0 Å². The van der Waals surface area contributed by atoms with Crippen molar-refractivity contribution in [2.24, 2.45) is 0 Å². The van der Waals surface area contributed by atoms with Gasteiger partial charge in [0.25, 0.3) is 0 Å². The average Bonchev–Trinajstić information content (AvgIpc) is 2.72. The smallest absolute Gasteiger partial charge is 0.365 e. The van der Waals surface area contributed by atoms with Crippen molar-refractivity contribution >= 4 is 33.1 Å². The van der Waals surface area contributed by atoms with Crippen LogP contribution in [0.4, 0.5) is 19.0 Å². The van der Waals surface area contributed by atoms with Crippen molar-refractivity contribution in [3.8, 4) is 0 Å². The first-order valence-corrected chi connectivity index (χ1v) is 7.05. The number of anilines is 1. The van der Waals surface area contributed by atoms with Gasteiger partial charge in [-0.25, -0.2) is 4.98 Å². The van der Waals surface area contributed by atoms with Crippen molar-refractivity contribution < 1.29 is 13.2 Å². The number of alkyl halides is 3. The molecule has 2 heterocycles. The minimum Gasteiger partial charge on any atom is -0.365 e. The lowest BCUT2D eigenvalue weighted by molar-refractivity contribution is -0.137. The second kappa shape index (κ2) is 5.50. The molecule has 0 amide bonds. The van der Waals surface area contributed by atoms with Crippen LogP contribution in [-0.2, 0) is 12.7 Å². The predicted molar refractivity (Wildman–Crippen MR) is 73.3 cm³/mol. The normalized spacial score (nSPS) is 11.6. The highest BCUT2D eigenvalue weighted by atomic mass is 79.9. The number of pyridine rings is 1. The van der Waals surface area contributed by atoms with E-state index < -0.39 is 11.7 Å². The number of nitrogens with one attached hydrogen (secondary N) is 1. The quantitative estimate of drug-likeness (QED) is 0.856. The van der Waals surface area contributed by atoms with Crippen LogP contribution in [0, 0.1) is 6.92 Å². The maximum atomic E-state index is 12.9. The Morgan fingerprint density at radius 3 is 2.74 bits per heavy atom. The molecule has 2 aromatic rings. The maximum Gasteiger partial charge on any atom is 0.419 e. The first kappa shape index (κ1) is 14.3. The SMILES string of the molecule is Cc1ccsc1CNc1ncc(Br)cc1C(F)(F)F. The van der Waals surface area contributed by atoms with Gasteiger partial charge in [-0.3, -0.25) is 0 Å². The lowest BCUT2D eigenvalue weighted by atomic mass is 10.2. The molecule has 2 nitrogen and oxygen atoms in total. The Labute approximate surface area is 120 Å². The Morgan fingerprint density at radius 1 is 1.42 bits per heavy atom. The Bertz CT molecular complexity index is 581. The second-order valence-corrected chi connectivity index (χ2v) is 5.84. The molecule has 0 saturated heterocycles. The van der Waals surface area contributed by atoms with Gasteiger partial charge in [-0.05, 0) is 45.9 Å². The lowest BCUT2D eigenvalue weighted by Gasteiger charge is -2.13. The fourth-order valence-electron chi connectivity index (χ4n) is 1.55. The van der Waals surface area contributed by atoms with E-state index in [1.165, 1.54) is 17.5 Å². The molecule has 7 heteroatoms. The van der Waals surface area contributed by atoms with Gasteiger partial charge in [-0.15, -0.1) is 11.3 Å². The summed E-state index contributed by atoms with van der Waals surface area (Å²) in [5.74, 6) is -0.150. The minimum atomic E-state index is -4.43. The molecule has 0 aliphatic rings. The van der Waals surface area contributed by atoms with Gasteiger partial charge in [0.05, 0.1) is 12.1 Å². The molecule has 0 saturated carbocycles. The molecule has 0 aliphatic heterocycles. The number of halogens is 4. The highest BCUT2D eigenvalue weighted by Crippen LogP contribution is 2.35. The number of nitrogens with zero attached hydrogens (tertiary/aromatic N) is 1. The highest BCUT2D eigenvalue weighted by molar-refractivity contribution is 9.10. The molecule has 102 valence electrons. The predicted octanol–water partition coefficient (Wildman–Crippen LogP) is 4.84. The van der Waals surface area contributed by atoms with Crippen molar-refractivity contribution in [2.75, 3.05) is 5.32 Å². The van der Waals surface area contributed by atoms with E-state index in [-0.39, 0.29) is 5.82 Å². The van der Waals surface area contributed by atoms with Crippen molar-refractivity contribution in [2.45, 2.75) is 19.6 Å². The maximum absolute atomic E-state index is 12.9. The summed E-state index contributed by atoms with van der Waals surface area (Å²) >= 11 is 4.51. The van der Waals surface area contributed by atoms with Gasteiger partial charge in [-0.1, -0.05) is 0 Å². The zero-order valence-corrected chi connectivity index (χ0v) is 12.3. The molecule has 0 fully saturated rings. The van der Waals surface area contributed by atoms with Crippen LogP contribution in [0.3, 0.4) is 0 Å². The van der Waals surface area contributed by atoms with Crippen molar-refractivity contribution in [3.05, 3.63) is 44.2 Å². The molecule has 2 rings (SSSR count). The third-order valence-corrected chi connectivity index (χ3v) is 4.00. The molecular weight excluding hydrogens is 341 g/mol. The zero-order valence-electron chi connectivity index (χ0n) is 9.88. The summed E-state index contributed by atoms with van der Waals surface area (Å²) in [6.45, 7) is 2.26. The Kier molecular flexibility index (Phi) is 4.15. The molecule has 0 bridgehead atoms. The fourth-order valence-corrected chi connectivity index (χ4v) is 2.72. The van der Waals surface area contributed by atoms with Crippen LogP contribution in [-0.4, -0.2) is 4.98 Å². The molecule has 19 heavy (non-hydrogen) atoms. The van der Waals surface area contributed by atoms with Crippen LogP contribution < -0.4 is 5.32 Å². The van der Waals surface area contributed by atoms with Gasteiger partial charge in [0, 0.05) is 15.5 Å². The number of aryl methyl sites for hydroxylation is 1. The van der Waals surface area contributed by atoms with Crippen molar-refractivity contribution in [3.63, 3.8) is 0 Å². The first-order chi connectivity index (χ1) is 8.88. The first-order valence-electron chi connectivity index (χ1n) is 5.37. The number of thiophene rings is 1. The summed E-state index contributed by atoms with van der Waals surface area (Å²) in [4.78, 5) is 4.80. The fraction of sp³-hybridized carbons (Fsp3) is 0.250. The van der Waals surface area contributed by atoms with E-state index in [2.05, 4.69) is 26.2 Å². The molecule has 0 spiro atoms. The van der Waals surface area contributed by atoms with Crippen LogP contribution in [0.15, 0.2) is 28.2 Å². The molecule has 0 radical (unpaired) electrons. The summed E-state index contributed by atoms with van der Waals surface area (Å²) in [5.41, 5.74) is 0.291. The molecule has 0 unspecified atom stereocenters. The van der Waals surface area contributed by atoms with Gasteiger partial charge < -0.3 is 5.32 Å². The number of aromatic nitrogens is 1. The standard InChI is InChI=1S/C12H10BrF3N2S/c1-7-2-3-19-10(7)6-18-11-9(12(14,15)16)4-8(13)5-17-11/h2-5H,6H2,1H3,(H,17,18). The molecule has 1 N–H and O–H groups in total. The Hall–Kier alpha value is -1.08. The third-order valence-electron chi connectivity index (χ3n) is 2.54. The number of rotatable bonds is 3. The van der Waals surface area contributed by atoms with Crippen LogP contribution in [0.25, 0.3) is 0 Å². The second-order valence-electron chi connectivity index (χ2n) is 3.93. The summed E-state index contributed by atoms with van der Waals surface area (Å²) in [6.07, 6.45) is -3.08. The van der Waals surface area contributed by atoms with Crippen LogP contribution in [0.1, 0.15) is 16.0 Å². The Morgan fingerprint density at radius 2 is 2.16 bits per heavy atom. The number of hydrogen-bond donors (Lipinski definition) is 1. The summed E-state index contributed by atoms with van der Waals surface area (Å²) in [5, 5.41) is 4.66. The van der Waals surface area contributed by atoms with E-state index in [0.717, 1.165) is 16.5 Å². The van der Waals surface area contributed by atoms with E-state index in [9.17, 15) is 13.2 Å². The monoisotopic (exact) mass is 350 g/mol. The third kappa shape index (κ3) is 3.48. The van der Waals surface area contributed by atoms with Crippen molar-refractivity contribution in [1.82, 2.24) is 4.98 Å². The highest BCUT2D eigenvalue weighted by Gasteiger charge is 2.34. The van der Waals surface area contributed by atoms with Crippen molar-refractivity contribution in [1.29, 1.82) is 0 Å². The number of hydrogen-bond acceptors (Lipinski definition) is 3. The lowest BCUT2D eigenvalue weighted by Crippen LogP contribution is -2.12. The largest absolute Gasteiger partial charge is 0.419 e. The van der Waals surface area contributed by atoms with E-state index >= 15 is 0 Å². The molecule has 0 aromatic carbocycles. The van der Waals surface area contributed by atoms with E-state index in [1.807, 2.05) is 18.4 Å². The zero-order chi connectivity index (χ0) is 14.0.